The van der Waals surface area contributed by atoms with Crippen molar-refractivity contribution in [3.63, 3.8) is 0 Å². The maximum Gasteiger partial charge on any atom is 0.310 e. The molecule has 0 spiro atoms. The van der Waals surface area contributed by atoms with E-state index in [0.29, 0.717) is 36.6 Å². The number of fused-ring (bicyclic) bond motifs is 3. The molecule has 1 aromatic heterocycles. The predicted octanol–water partition coefficient (Wildman–Crippen LogP) is 5.96. The molecule has 0 aliphatic heterocycles. The van der Waals surface area contributed by atoms with E-state index in [0.717, 1.165) is 34.7 Å². The highest BCUT2D eigenvalue weighted by atomic mass is 19.1. The van der Waals surface area contributed by atoms with E-state index in [1.807, 2.05) is 52.8 Å². The van der Waals surface area contributed by atoms with Crippen molar-refractivity contribution in [3.05, 3.63) is 76.0 Å². The lowest BCUT2D eigenvalue weighted by molar-refractivity contribution is -0.157. The zero-order valence-electron chi connectivity index (χ0n) is 25.7. The zero-order valence-corrected chi connectivity index (χ0v) is 25.7. The van der Waals surface area contributed by atoms with Crippen LogP contribution in [0.25, 0.3) is 11.1 Å². The van der Waals surface area contributed by atoms with E-state index in [1.165, 1.54) is 6.07 Å². The first-order chi connectivity index (χ1) is 20.7. The molecule has 0 amide bonds. The van der Waals surface area contributed by atoms with Gasteiger partial charge in [-0.15, -0.1) is 0 Å². The third-order valence-electron chi connectivity index (χ3n) is 9.07. The van der Waals surface area contributed by atoms with Crippen molar-refractivity contribution in [2.45, 2.75) is 77.6 Å². The molecule has 3 aliphatic carbocycles. The summed E-state index contributed by atoms with van der Waals surface area (Å²) in [4.78, 5) is 17.0. The van der Waals surface area contributed by atoms with Crippen molar-refractivity contribution in [3.8, 4) is 22.8 Å². The Morgan fingerprint density at radius 3 is 2.41 bits per heavy atom. The Morgan fingerprint density at radius 1 is 1.05 bits per heavy atom. The van der Waals surface area contributed by atoms with E-state index in [-0.39, 0.29) is 54.0 Å². The van der Waals surface area contributed by atoms with Crippen molar-refractivity contribution < 1.29 is 38.0 Å². The summed E-state index contributed by atoms with van der Waals surface area (Å²) in [6.45, 7) is 9.33. The minimum Gasteiger partial charge on any atom is -0.493 e. The lowest BCUT2D eigenvalue weighted by Gasteiger charge is -2.42. The fourth-order valence-corrected chi connectivity index (χ4v) is 6.99. The maximum absolute atomic E-state index is 15.1. The number of ether oxygens (including phenoxy) is 3. The molecule has 44 heavy (non-hydrogen) atoms. The number of rotatable bonds is 9. The fraction of sp³-hybridized carbons (Fsp3) is 0.486. The van der Waals surface area contributed by atoms with E-state index in [4.69, 9.17) is 14.2 Å². The molecule has 2 N–H and O–H groups in total. The topological polar surface area (TPSA) is 98.1 Å². The average molecular weight is 608 g/mol. The minimum atomic E-state index is -1.00. The lowest BCUT2D eigenvalue weighted by atomic mass is 9.72. The molecule has 1 heterocycles. The summed E-state index contributed by atoms with van der Waals surface area (Å²) >= 11 is 0. The Kier molecular flexibility index (Phi) is 7.69. The first-order valence-electron chi connectivity index (χ1n) is 15.2. The van der Waals surface area contributed by atoms with Crippen LogP contribution in [0.2, 0.25) is 0 Å². The van der Waals surface area contributed by atoms with Crippen LogP contribution in [-0.4, -0.2) is 45.6 Å². The number of carbonyl (C=O) groups is 1. The van der Waals surface area contributed by atoms with Gasteiger partial charge in [-0.1, -0.05) is 0 Å². The number of aliphatic hydroxyl groups excluding tert-OH is 1. The van der Waals surface area contributed by atoms with Gasteiger partial charge in [0.05, 0.1) is 24.7 Å². The number of pyridine rings is 1. The molecule has 9 heteroatoms. The van der Waals surface area contributed by atoms with Gasteiger partial charge >= 0.3 is 5.97 Å². The highest BCUT2D eigenvalue weighted by Crippen LogP contribution is 2.62. The number of hydrogen-bond acceptors (Lipinski definition) is 7. The second-order valence-electron chi connectivity index (χ2n) is 13.8. The van der Waals surface area contributed by atoms with Gasteiger partial charge in [0.2, 0.25) is 5.88 Å². The van der Waals surface area contributed by atoms with Gasteiger partial charge in [-0.25, -0.2) is 13.8 Å². The highest BCUT2D eigenvalue weighted by Gasteiger charge is 2.61. The number of halogens is 2. The second kappa shape index (κ2) is 11.1. The summed E-state index contributed by atoms with van der Waals surface area (Å²) in [5, 5.41) is 19.2. The number of hydrogen-bond donors (Lipinski definition) is 2. The molecule has 3 aromatic rings. The molecule has 6 rings (SSSR count). The fourth-order valence-electron chi connectivity index (χ4n) is 6.99. The molecular weight excluding hydrogens is 568 g/mol. The zero-order chi connectivity index (χ0) is 31.6. The smallest absolute Gasteiger partial charge is 0.310 e. The van der Waals surface area contributed by atoms with Crippen LogP contribution in [0.4, 0.5) is 8.78 Å². The molecule has 2 fully saturated rings. The van der Waals surface area contributed by atoms with Crippen molar-refractivity contribution in [1.29, 1.82) is 0 Å². The van der Waals surface area contributed by atoms with Gasteiger partial charge in [-0.05, 0) is 112 Å². The van der Waals surface area contributed by atoms with Crippen LogP contribution < -0.4 is 9.47 Å². The third kappa shape index (κ3) is 5.92. The molecular formula is C35H39F2NO6. The van der Waals surface area contributed by atoms with Gasteiger partial charge in [-0.2, -0.15) is 0 Å². The Labute approximate surface area is 256 Å². The van der Waals surface area contributed by atoms with Crippen LogP contribution in [-0.2, 0) is 22.6 Å². The Balaban J connectivity index is 1.12. The first kappa shape index (κ1) is 30.5. The standard InChI is InChI=1S/C35H39F2NO6/c1-18-6-23(42-15-20-12-35(41,13-20)17-39)7-19(2)30(18)24-9-22(27(36)11-28(24)37)16-43-29-10-21-8-25-31(26(21)14-38-29)32(25)33(40)44-34(3,4)5/h6-7,9-11,14,20,25,31-32,39,41H,8,12-13,15-17H2,1-5H3/t20-,25-,31-,32+,35+/m1/s1. The third-order valence-corrected chi connectivity index (χ3v) is 9.07. The number of carbonyl (C=O) groups excluding carboxylic acids is 1. The van der Waals surface area contributed by atoms with Gasteiger partial charge in [0.25, 0.3) is 0 Å². The normalized spacial score (nSPS) is 25.1. The van der Waals surface area contributed by atoms with E-state index in [2.05, 4.69) is 4.98 Å². The Morgan fingerprint density at radius 2 is 1.75 bits per heavy atom. The summed E-state index contributed by atoms with van der Waals surface area (Å²) in [5.41, 5.74) is 3.27. The summed E-state index contributed by atoms with van der Waals surface area (Å²) in [5.74, 6) is -0.206. The molecule has 7 nitrogen and oxygen atoms in total. The number of benzene rings is 2. The van der Waals surface area contributed by atoms with Crippen LogP contribution in [0.3, 0.4) is 0 Å². The summed E-state index contributed by atoms with van der Waals surface area (Å²) in [6, 6.07) is 7.86. The molecule has 3 aliphatic rings. The lowest BCUT2D eigenvalue weighted by Crippen LogP contribution is -2.48. The van der Waals surface area contributed by atoms with Gasteiger partial charge in [0.15, 0.2) is 0 Å². The van der Waals surface area contributed by atoms with Gasteiger partial charge < -0.3 is 24.4 Å². The number of nitrogens with zero attached hydrogens (tertiary/aromatic N) is 1. The van der Waals surface area contributed by atoms with Crippen molar-refractivity contribution in [1.82, 2.24) is 4.98 Å². The van der Waals surface area contributed by atoms with E-state index >= 15 is 4.39 Å². The average Bonchev–Trinajstić information content (AvgIpc) is 3.51. The largest absolute Gasteiger partial charge is 0.493 e. The van der Waals surface area contributed by atoms with Crippen LogP contribution >= 0.6 is 0 Å². The van der Waals surface area contributed by atoms with Crippen molar-refractivity contribution in [2.24, 2.45) is 17.8 Å². The van der Waals surface area contributed by atoms with Crippen LogP contribution in [0, 0.1) is 43.2 Å². The molecule has 0 bridgehead atoms. The van der Waals surface area contributed by atoms with Crippen molar-refractivity contribution in [2.75, 3.05) is 13.2 Å². The SMILES string of the molecule is Cc1cc(OC[C@H]2C[C@](O)(CO)C2)cc(C)c1-c1cc(COc2cc3c(cn2)[C@H]2[C@@H](C3)[C@@H]2C(=O)OC(C)(C)C)c(F)cc1F. The number of aryl methyl sites for hydroxylation is 2. The van der Waals surface area contributed by atoms with Crippen LogP contribution in [0.1, 0.15) is 67.3 Å². The van der Waals surface area contributed by atoms with Crippen molar-refractivity contribution >= 4 is 5.97 Å². The van der Waals surface area contributed by atoms with E-state index in [9.17, 15) is 19.4 Å². The first-order valence-corrected chi connectivity index (χ1v) is 15.2. The number of esters is 1. The summed E-state index contributed by atoms with van der Waals surface area (Å²) in [6.07, 6.45) is 3.45. The minimum absolute atomic E-state index is 0.117. The molecule has 2 aromatic carbocycles. The maximum atomic E-state index is 15.1. The van der Waals surface area contributed by atoms with Gasteiger partial charge in [0, 0.05) is 35.4 Å². The Hall–Kier alpha value is -3.56. The van der Waals surface area contributed by atoms with Crippen LogP contribution in [0.5, 0.6) is 11.6 Å². The molecule has 0 saturated heterocycles. The molecule has 2 saturated carbocycles. The summed E-state index contributed by atoms with van der Waals surface area (Å²) < 4.78 is 47.4. The van der Waals surface area contributed by atoms with E-state index < -0.39 is 22.8 Å². The van der Waals surface area contributed by atoms with Crippen LogP contribution in [0.15, 0.2) is 36.5 Å². The molecule has 0 unspecified atom stereocenters. The van der Waals surface area contributed by atoms with Gasteiger partial charge in [0.1, 0.15) is 29.6 Å². The quantitative estimate of drug-likeness (QED) is 0.290. The molecule has 234 valence electrons. The number of aliphatic hydroxyl groups is 2. The Bertz CT molecular complexity index is 1590. The summed E-state index contributed by atoms with van der Waals surface area (Å²) in [7, 11) is 0. The highest BCUT2D eigenvalue weighted by molar-refractivity contribution is 5.80. The molecule has 3 atom stereocenters. The molecule has 0 radical (unpaired) electrons. The predicted molar refractivity (Wildman–Crippen MR) is 159 cm³/mol. The van der Waals surface area contributed by atoms with Gasteiger partial charge in [-0.3, -0.25) is 4.79 Å². The van der Waals surface area contributed by atoms with E-state index in [1.54, 1.807) is 6.20 Å². The second-order valence-corrected chi connectivity index (χ2v) is 13.8. The number of aromatic nitrogens is 1. The monoisotopic (exact) mass is 607 g/mol.